The largest absolute Gasteiger partial charge is 0.486 e. The van der Waals surface area contributed by atoms with Crippen molar-refractivity contribution in [1.82, 2.24) is 10.2 Å². The summed E-state index contributed by atoms with van der Waals surface area (Å²) in [6.45, 7) is 3.31. The quantitative estimate of drug-likeness (QED) is 0.250. The van der Waals surface area contributed by atoms with Crippen molar-refractivity contribution in [3.63, 3.8) is 0 Å². The summed E-state index contributed by atoms with van der Waals surface area (Å²) >= 11 is 6.04. The Hall–Kier alpha value is -2.87. The Kier molecular flexibility index (Phi) is 9.10. The fraction of sp³-hybridized carbons (Fsp3) is 0.333. The fourth-order valence-electron chi connectivity index (χ4n) is 3.56. The third kappa shape index (κ3) is 6.82. The van der Waals surface area contributed by atoms with Crippen molar-refractivity contribution in [2.75, 3.05) is 44.7 Å². The highest BCUT2D eigenvalue weighted by Crippen LogP contribution is 2.19. The molecule has 3 rings (SSSR count). The van der Waals surface area contributed by atoms with Gasteiger partial charge in [0.15, 0.2) is 0 Å². The van der Waals surface area contributed by atoms with E-state index >= 15 is 0 Å². The molecule has 170 valence electrons. The fourth-order valence-corrected chi connectivity index (χ4v) is 3.75. The number of nitrogens with one attached hydrogen (secondary N) is 3. The van der Waals surface area contributed by atoms with Crippen molar-refractivity contribution in [3.8, 4) is 0 Å². The summed E-state index contributed by atoms with van der Waals surface area (Å²) in [5.41, 5.74) is 3.13. The molecular formula is C24H29ClN4O3. The topological polar surface area (TPSA) is 97.7 Å². The molecule has 1 aliphatic rings. The monoisotopic (exact) mass is 456 g/mol. The average molecular weight is 457 g/mol. The first-order chi connectivity index (χ1) is 15.6. The zero-order valence-electron chi connectivity index (χ0n) is 17.9. The summed E-state index contributed by atoms with van der Waals surface area (Å²) in [4.78, 5) is 15.1. The minimum absolute atomic E-state index is 0.101. The molecule has 0 bridgehead atoms. The lowest BCUT2D eigenvalue weighted by Crippen LogP contribution is -2.44. The summed E-state index contributed by atoms with van der Waals surface area (Å²) in [6, 6.07) is 14.9. The van der Waals surface area contributed by atoms with E-state index in [-0.39, 0.29) is 19.0 Å². The van der Waals surface area contributed by atoms with Crippen molar-refractivity contribution in [1.29, 1.82) is 5.41 Å². The number of aliphatic hydroxyl groups is 1. The lowest BCUT2D eigenvalue weighted by molar-refractivity contribution is -0.116. The van der Waals surface area contributed by atoms with Crippen LogP contribution >= 0.6 is 11.6 Å². The Morgan fingerprint density at radius 3 is 2.56 bits per heavy atom. The molecule has 7 nitrogen and oxygen atoms in total. The van der Waals surface area contributed by atoms with E-state index in [0.717, 1.165) is 24.2 Å². The van der Waals surface area contributed by atoms with E-state index in [2.05, 4.69) is 10.6 Å². The van der Waals surface area contributed by atoms with Crippen molar-refractivity contribution in [2.24, 2.45) is 0 Å². The third-order valence-corrected chi connectivity index (χ3v) is 5.38. The lowest BCUT2D eigenvalue weighted by atomic mass is 10.1. The number of carbonyl (C=O) groups excluding carboxylic acids is 1. The second-order valence-electron chi connectivity index (χ2n) is 7.45. The number of hydrogen-bond donors (Lipinski definition) is 4. The van der Waals surface area contributed by atoms with Crippen LogP contribution in [0, 0.1) is 5.41 Å². The van der Waals surface area contributed by atoms with Gasteiger partial charge in [0.05, 0.1) is 6.61 Å². The van der Waals surface area contributed by atoms with Crippen LogP contribution in [0.3, 0.4) is 0 Å². The molecule has 4 N–H and O–H groups in total. The molecular weight excluding hydrogens is 428 g/mol. The highest BCUT2D eigenvalue weighted by atomic mass is 35.5. The Morgan fingerprint density at radius 1 is 1.16 bits per heavy atom. The minimum atomic E-state index is -0.418. The number of amides is 1. The van der Waals surface area contributed by atoms with Crippen LogP contribution in [0.2, 0.25) is 5.02 Å². The van der Waals surface area contributed by atoms with Gasteiger partial charge in [0, 0.05) is 56.1 Å². The number of allylic oxidation sites excluding steroid dienone is 1. The first kappa shape index (κ1) is 23.8. The molecule has 1 aliphatic heterocycles. The second kappa shape index (κ2) is 12.2. The molecule has 0 unspecified atom stereocenters. The number of piperazine rings is 1. The van der Waals surface area contributed by atoms with Gasteiger partial charge in [-0.1, -0.05) is 41.9 Å². The molecule has 0 saturated carbocycles. The predicted octanol–water partition coefficient (Wildman–Crippen LogP) is 2.84. The molecule has 0 spiro atoms. The Labute approximate surface area is 193 Å². The van der Waals surface area contributed by atoms with E-state index in [4.69, 9.17) is 26.9 Å². The molecule has 32 heavy (non-hydrogen) atoms. The first-order valence-electron chi connectivity index (χ1n) is 10.7. The molecule has 2 aromatic carbocycles. The van der Waals surface area contributed by atoms with Gasteiger partial charge in [-0.3, -0.25) is 4.79 Å². The molecule has 2 aromatic rings. The van der Waals surface area contributed by atoms with Gasteiger partial charge in [0.1, 0.15) is 5.70 Å². The Balaban J connectivity index is 1.78. The van der Waals surface area contributed by atoms with Crippen LogP contribution in [0.4, 0.5) is 5.69 Å². The molecule has 1 fully saturated rings. The van der Waals surface area contributed by atoms with Crippen molar-refractivity contribution in [2.45, 2.75) is 12.8 Å². The summed E-state index contributed by atoms with van der Waals surface area (Å²) in [6.07, 6.45) is 2.38. The molecule has 8 heteroatoms. The zero-order valence-corrected chi connectivity index (χ0v) is 18.7. The number of halogens is 1. The number of hydrogen-bond acceptors (Lipinski definition) is 6. The number of benzene rings is 2. The highest BCUT2D eigenvalue weighted by Gasteiger charge is 2.22. The van der Waals surface area contributed by atoms with Crippen LogP contribution < -0.4 is 10.6 Å². The Morgan fingerprint density at radius 2 is 1.88 bits per heavy atom. The van der Waals surface area contributed by atoms with Gasteiger partial charge in [-0.25, -0.2) is 0 Å². The van der Waals surface area contributed by atoms with E-state index < -0.39 is 5.91 Å². The maximum Gasteiger partial charge on any atom is 0.293 e. The van der Waals surface area contributed by atoms with Crippen molar-refractivity contribution in [3.05, 3.63) is 76.1 Å². The van der Waals surface area contributed by atoms with Crippen molar-refractivity contribution >= 4 is 29.4 Å². The molecule has 0 aliphatic carbocycles. The van der Waals surface area contributed by atoms with Crippen LogP contribution in [0.1, 0.15) is 11.1 Å². The number of carbonyl (C=O) groups is 1. The van der Waals surface area contributed by atoms with Crippen LogP contribution in [0.25, 0.3) is 0 Å². The highest BCUT2D eigenvalue weighted by molar-refractivity contribution is 6.31. The van der Waals surface area contributed by atoms with E-state index in [1.807, 2.05) is 29.2 Å². The maximum atomic E-state index is 13.1. The van der Waals surface area contributed by atoms with Gasteiger partial charge in [0.2, 0.25) is 5.76 Å². The molecule has 1 heterocycles. The molecule has 0 atom stereocenters. The van der Waals surface area contributed by atoms with Crippen LogP contribution in [0.5, 0.6) is 0 Å². The summed E-state index contributed by atoms with van der Waals surface area (Å²) in [5.74, 6) is -0.299. The number of aliphatic hydroxyl groups excluding tert-OH is 1. The summed E-state index contributed by atoms with van der Waals surface area (Å²) in [7, 11) is 0. The van der Waals surface area contributed by atoms with Crippen LogP contribution in [-0.2, 0) is 22.4 Å². The van der Waals surface area contributed by atoms with E-state index in [1.165, 1.54) is 6.21 Å². The van der Waals surface area contributed by atoms with Gasteiger partial charge < -0.3 is 30.8 Å². The molecule has 1 saturated heterocycles. The maximum absolute atomic E-state index is 13.1. The summed E-state index contributed by atoms with van der Waals surface area (Å²) < 4.78 is 5.99. The van der Waals surface area contributed by atoms with Crippen LogP contribution in [0.15, 0.2) is 60.0 Å². The molecule has 1 amide bonds. The lowest BCUT2D eigenvalue weighted by Gasteiger charge is -2.31. The minimum Gasteiger partial charge on any atom is -0.486 e. The molecule has 0 radical (unpaired) electrons. The van der Waals surface area contributed by atoms with E-state index in [1.54, 1.807) is 24.3 Å². The Bertz CT molecular complexity index is 958. The predicted molar refractivity (Wildman–Crippen MR) is 127 cm³/mol. The normalized spacial score (nSPS) is 14.5. The number of rotatable bonds is 10. The van der Waals surface area contributed by atoms with Gasteiger partial charge in [0.25, 0.3) is 5.91 Å². The van der Waals surface area contributed by atoms with E-state index in [0.29, 0.717) is 42.3 Å². The number of ether oxygens (including phenoxy) is 1. The van der Waals surface area contributed by atoms with Gasteiger partial charge in [-0.05, 0) is 35.7 Å². The van der Waals surface area contributed by atoms with Crippen molar-refractivity contribution < 1.29 is 14.6 Å². The standard InChI is InChI=1S/C24H29ClN4O3/c25-20-5-2-6-21(16-20)28-24(31)23(22(17-26)29-11-9-27-10-12-29)32-14-8-19-4-1-3-18(15-19)7-13-30/h1-6,15-17,26-27,30H,7-14H2,(H,28,31)/b23-22-,26-17?. The number of nitrogens with zero attached hydrogens (tertiary/aromatic N) is 1. The first-order valence-corrected chi connectivity index (χ1v) is 11.1. The smallest absolute Gasteiger partial charge is 0.293 e. The third-order valence-electron chi connectivity index (χ3n) is 5.14. The zero-order chi connectivity index (χ0) is 22.8. The molecule has 0 aromatic heterocycles. The van der Waals surface area contributed by atoms with Gasteiger partial charge in [-0.15, -0.1) is 0 Å². The van der Waals surface area contributed by atoms with Crippen LogP contribution in [-0.4, -0.2) is 61.5 Å². The number of anilines is 1. The van der Waals surface area contributed by atoms with Gasteiger partial charge >= 0.3 is 0 Å². The summed E-state index contributed by atoms with van der Waals surface area (Å²) in [5, 5.41) is 23.7. The van der Waals surface area contributed by atoms with E-state index in [9.17, 15) is 4.79 Å². The van der Waals surface area contributed by atoms with Gasteiger partial charge in [-0.2, -0.15) is 0 Å². The SMILES string of the molecule is N=C/C(=C(/OCCc1cccc(CCO)c1)C(=O)Nc1cccc(Cl)c1)N1CCNCC1. The second-order valence-corrected chi connectivity index (χ2v) is 7.89. The average Bonchev–Trinajstić information content (AvgIpc) is 2.80.